The molecule has 0 unspecified atom stereocenters. The van der Waals surface area contributed by atoms with Crippen LogP contribution in [0.1, 0.15) is 27.7 Å². The minimum absolute atomic E-state index is 0. The van der Waals surface area contributed by atoms with Gasteiger partial charge in [-0.05, 0) is 103 Å². The third-order valence-electron chi connectivity index (χ3n) is 5.42. The van der Waals surface area contributed by atoms with Crippen LogP contribution in [0.5, 0.6) is 0 Å². The van der Waals surface area contributed by atoms with E-state index in [1.165, 1.54) is 0 Å². The second-order valence-electron chi connectivity index (χ2n) is 7.40. The van der Waals surface area contributed by atoms with Crippen LogP contribution < -0.4 is 0 Å². The molecule has 37 heavy (non-hydrogen) atoms. The molecule has 2 aliphatic carbocycles. The van der Waals surface area contributed by atoms with Crippen molar-refractivity contribution in [2.45, 2.75) is 27.7 Å². The number of nitriles is 4. The zero-order valence-corrected chi connectivity index (χ0v) is 22.9. The Balaban J connectivity index is 0.000000682. The normalized spacial score (nSPS) is 15.5. The average molecular weight is 532 g/mol. The van der Waals surface area contributed by atoms with Gasteiger partial charge in [-0.1, -0.05) is 0 Å². The molecule has 7 heteroatoms. The van der Waals surface area contributed by atoms with Gasteiger partial charge in [0.25, 0.3) is 0 Å². The smallest absolute Gasteiger partial charge is 0.375 e. The molecule has 6 nitrogen and oxygen atoms in total. The molecule has 0 N–H and O–H groups in total. The summed E-state index contributed by atoms with van der Waals surface area (Å²) in [5.74, 6) is 2.20. The van der Waals surface area contributed by atoms with E-state index in [0.29, 0.717) is 0 Å². The quantitative estimate of drug-likeness (QED) is 0.218. The van der Waals surface area contributed by atoms with E-state index in [-0.39, 0.29) is 28.2 Å². The van der Waals surface area contributed by atoms with E-state index >= 15 is 0 Å². The fraction of sp³-hybridized carbons (Fsp3) is 0.267. The fourth-order valence-corrected chi connectivity index (χ4v) is 3.51. The van der Waals surface area contributed by atoms with Crippen molar-refractivity contribution >= 4 is 0 Å². The van der Waals surface area contributed by atoms with Crippen LogP contribution in [-0.2, 0) is 17.1 Å². The average Bonchev–Trinajstić information content (AvgIpc) is 3.64. The van der Waals surface area contributed by atoms with E-state index in [0.717, 1.165) is 49.4 Å². The molecule has 0 aliphatic heterocycles. The maximum Gasteiger partial charge on any atom is 2.00 e. The van der Waals surface area contributed by atoms with E-state index in [9.17, 15) is 0 Å². The monoisotopic (exact) mass is 532 g/mol. The minimum atomic E-state index is 0. The molecule has 0 aromatic carbocycles. The molecule has 2 rings (SSSR count). The standard InChI is InChI=1S/2C15H16N3.Fe/c2*1-3-18(4-2)15(14-7-5-6-8-14)10-9-13(11-16)12-17;/h2*5-10H,3-4H2,1-2H3;/q;;+2/b2*15-10-;. The van der Waals surface area contributed by atoms with Gasteiger partial charge in [0.2, 0.25) is 0 Å². The zero-order chi connectivity index (χ0) is 26.8. The first-order valence-electron chi connectivity index (χ1n) is 11.9. The molecule has 0 aromatic rings. The van der Waals surface area contributed by atoms with Gasteiger partial charge in [-0.3, -0.25) is 0 Å². The number of rotatable bonds is 10. The maximum atomic E-state index is 8.74. The van der Waals surface area contributed by atoms with Gasteiger partial charge >= 0.3 is 17.1 Å². The van der Waals surface area contributed by atoms with Gasteiger partial charge in [-0.25, -0.2) is 0 Å². The van der Waals surface area contributed by atoms with E-state index in [1.807, 2.05) is 87.8 Å². The Morgan fingerprint density at radius 3 is 1.05 bits per heavy atom. The number of nitrogens with zero attached hydrogens (tertiary/aromatic N) is 6. The van der Waals surface area contributed by atoms with Crippen LogP contribution in [0.15, 0.2) is 46.8 Å². The van der Waals surface area contributed by atoms with Crippen molar-refractivity contribution in [3.63, 3.8) is 0 Å². The molecule has 0 aromatic heterocycles. The van der Waals surface area contributed by atoms with Crippen molar-refractivity contribution in [2.75, 3.05) is 26.2 Å². The predicted molar refractivity (Wildman–Crippen MR) is 142 cm³/mol. The van der Waals surface area contributed by atoms with Gasteiger partial charge in [-0.15, -0.1) is 0 Å². The van der Waals surface area contributed by atoms with E-state index in [2.05, 4.69) is 37.5 Å². The first kappa shape index (κ1) is 34.0. The van der Waals surface area contributed by atoms with Gasteiger partial charge in [-0.2, -0.15) is 21.0 Å². The molecule has 188 valence electrons. The zero-order valence-electron chi connectivity index (χ0n) is 21.8. The van der Waals surface area contributed by atoms with Crippen LogP contribution in [0, 0.1) is 109 Å². The van der Waals surface area contributed by atoms with Crippen LogP contribution in [-0.4, -0.2) is 36.0 Å². The summed E-state index contributed by atoms with van der Waals surface area (Å²) in [7, 11) is 0. The molecular weight excluding hydrogens is 500 g/mol. The van der Waals surface area contributed by atoms with Crippen LogP contribution in [0.2, 0.25) is 0 Å². The van der Waals surface area contributed by atoms with Crippen molar-refractivity contribution in [3.05, 3.63) is 110 Å². The Morgan fingerprint density at radius 1 is 0.568 bits per heavy atom. The molecule has 0 amide bonds. The Labute approximate surface area is 235 Å². The summed E-state index contributed by atoms with van der Waals surface area (Å²) in [6, 6.07) is 7.46. The van der Waals surface area contributed by atoms with E-state index in [4.69, 9.17) is 21.0 Å². The predicted octanol–water partition coefficient (Wildman–Crippen LogP) is 5.18. The molecule has 2 fully saturated rings. The largest absolute Gasteiger partial charge is 2.00 e. The van der Waals surface area contributed by atoms with E-state index in [1.54, 1.807) is 12.2 Å². The third-order valence-corrected chi connectivity index (χ3v) is 5.42. The molecule has 2 aliphatic rings. The molecule has 2 saturated carbocycles. The molecule has 10 radical (unpaired) electrons. The third kappa shape index (κ3) is 11.3. The molecular formula is C30H32FeN6+2. The Bertz CT molecular complexity index is 840. The SMILES string of the molecule is CCN(CC)/C(=C\C=C(C#N)C#N)[C]1[CH][CH][CH][CH]1.CCN(CC)/C(=C\C=C(C#N)C#N)[C]1[CH][CH][CH][CH]1.[Fe+2]. The van der Waals surface area contributed by atoms with Gasteiger partial charge in [0.1, 0.15) is 35.4 Å². The fourth-order valence-electron chi connectivity index (χ4n) is 3.51. The molecule has 0 atom stereocenters. The number of allylic oxidation sites excluding steroid dienone is 8. The summed E-state index contributed by atoms with van der Waals surface area (Å²) in [4.78, 5) is 4.39. The van der Waals surface area contributed by atoms with Gasteiger partial charge < -0.3 is 9.80 Å². The van der Waals surface area contributed by atoms with E-state index < -0.39 is 0 Å². The summed E-state index contributed by atoms with van der Waals surface area (Å²) >= 11 is 0. The van der Waals surface area contributed by atoms with Crippen LogP contribution >= 0.6 is 0 Å². The number of hydrogen-bond donors (Lipinski definition) is 0. The second-order valence-corrected chi connectivity index (χ2v) is 7.40. The summed E-state index contributed by atoms with van der Waals surface area (Å²) in [6.07, 6.45) is 22.8. The summed E-state index contributed by atoms with van der Waals surface area (Å²) < 4.78 is 0. The Kier molecular flexibility index (Phi) is 18.5. The van der Waals surface area contributed by atoms with Crippen LogP contribution in [0.4, 0.5) is 0 Å². The summed E-state index contributed by atoms with van der Waals surface area (Å²) in [5, 5.41) is 35.0. The first-order chi connectivity index (χ1) is 17.5. The topological polar surface area (TPSA) is 102 Å². The Hall–Kier alpha value is -2.96. The first-order valence-corrected chi connectivity index (χ1v) is 11.9. The Morgan fingerprint density at radius 2 is 0.838 bits per heavy atom. The second kappa shape index (κ2) is 20.1. The van der Waals surface area contributed by atoms with Crippen molar-refractivity contribution in [3.8, 4) is 24.3 Å². The van der Waals surface area contributed by atoms with Crippen LogP contribution in [0.3, 0.4) is 0 Å². The minimum Gasteiger partial charge on any atom is -0.375 e. The molecule has 0 saturated heterocycles. The summed E-state index contributed by atoms with van der Waals surface area (Å²) in [6.45, 7) is 11.9. The van der Waals surface area contributed by atoms with Crippen molar-refractivity contribution in [1.29, 1.82) is 21.0 Å². The van der Waals surface area contributed by atoms with Gasteiger partial charge in [0.05, 0.1) is 0 Å². The number of hydrogen-bond acceptors (Lipinski definition) is 6. The maximum absolute atomic E-state index is 8.74. The van der Waals surface area contributed by atoms with Crippen molar-refractivity contribution in [1.82, 2.24) is 9.80 Å². The summed E-state index contributed by atoms with van der Waals surface area (Å²) in [5.41, 5.74) is 2.30. The van der Waals surface area contributed by atoms with Gasteiger partial charge in [0.15, 0.2) is 0 Å². The van der Waals surface area contributed by atoms with Crippen molar-refractivity contribution in [2.24, 2.45) is 0 Å². The molecule has 0 heterocycles. The van der Waals surface area contributed by atoms with Gasteiger partial charge in [0, 0.05) is 49.4 Å². The van der Waals surface area contributed by atoms with Crippen molar-refractivity contribution < 1.29 is 17.1 Å². The van der Waals surface area contributed by atoms with Crippen LogP contribution in [0.25, 0.3) is 0 Å². The molecule has 0 spiro atoms. The molecule has 0 bridgehead atoms.